The summed E-state index contributed by atoms with van der Waals surface area (Å²) < 4.78 is 12.2. The van der Waals surface area contributed by atoms with Crippen LogP contribution < -0.4 is 11.3 Å². The van der Waals surface area contributed by atoms with Crippen LogP contribution in [0.4, 0.5) is 0 Å². The van der Waals surface area contributed by atoms with E-state index in [9.17, 15) is 0 Å². The molecule has 1 unspecified atom stereocenters. The summed E-state index contributed by atoms with van der Waals surface area (Å²) in [5.41, 5.74) is 5.03. The Morgan fingerprint density at radius 2 is 2.22 bits per heavy atom. The average molecular weight is 256 g/mol. The highest BCUT2D eigenvalue weighted by Crippen LogP contribution is 2.07. The standard InChI is InChI=1S/C12H24N4O2/c1-10-8-12(16(2)15-10)9-11(14-13)4-5-18-7-6-17-3/h8,11,14H,4-7,9,13H2,1-3H3. The van der Waals surface area contributed by atoms with E-state index in [0.717, 1.165) is 18.5 Å². The fourth-order valence-corrected chi connectivity index (χ4v) is 1.82. The maximum absolute atomic E-state index is 5.56. The molecule has 0 spiro atoms. The number of hydrogen-bond acceptors (Lipinski definition) is 5. The molecule has 6 heteroatoms. The molecule has 104 valence electrons. The van der Waals surface area contributed by atoms with E-state index in [0.29, 0.717) is 19.8 Å². The zero-order chi connectivity index (χ0) is 13.4. The van der Waals surface area contributed by atoms with Crippen LogP contribution in [-0.2, 0) is 22.9 Å². The van der Waals surface area contributed by atoms with Crippen LogP contribution in [0.2, 0.25) is 0 Å². The topological polar surface area (TPSA) is 74.3 Å². The third-order valence-electron chi connectivity index (χ3n) is 2.83. The van der Waals surface area contributed by atoms with Gasteiger partial charge in [-0.25, -0.2) is 0 Å². The Morgan fingerprint density at radius 1 is 1.44 bits per heavy atom. The fourth-order valence-electron chi connectivity index (χ4n) is 1.82. The number of ether oxygens (including phenoxy) is 2. The van der Waals surface area contributed by atoms with Gasteiger partial charge in [0.05, 0.1) is 18.9 Å². The summed E-state index contributed by atoms with van der Waals surface area (Å²) in [7, 11) is 3.61. The number of nitrogens with zero attached hydrogens (tertiary/aromatic N) is 2. The van der Waals surface area contributed by atoms with Crippen molar-refractivity contribution in [1.29, 1.82) is 0 Å². The van der Waals surface area contributed by atoms with Gasteiger partial charge in [-0.15, -0.1) is 0 Å². The first-order chi connectivity index (χ1) is 8.67. The quantitative estimate of drug-likeness (QED) is 0.374. The second kappa shape index (κ2) is 8.20. The van der Waals surface area contributed by atoms with Gasteiger partial charge >= 0.3 is 0 Å². The van der Waals surface area contributed by atoms with Gasteiger partial charge < -0.3 is 9.47 Å². The molecule has 0 aliphatic heterocycles. The smallest absolute Gasteiger partial charge is 0.0700 e. The summed E-state index contributed by atoms with van der Waals surface area (Å²) >= 11 is 0. The number of aryl methyl sites for hydroxylation is 2. The summed E-state index contributed by atoms with van der Waals surface area (Å²) in [4.78, 5) is 0. The largest absolute Gasteiger partial charge is 0.382 e. The maximum atomic E-state index is 5.56. The third-order valence-corrected chi connectivity index (χ3v) is 2.83. The second-order valence-corrected chi connectivity index (χ2v) is 4.36. The molecule has 6 nitrogen and oxygen atoms in total. The van der Waals surface area contributed by atoms with E-state index in [1.54, 1.807) is 7.11 Å². The van der Waals surface area contributed by atoms with Crippen molar-refractivity contribution in [3.05, 3.63) is 17.5 Å². The van der Waals surface area contributed by atoms with Gasteiger partial charge in [0.1, 0.15) is 0 Å². The van der Waals surface area contributed by atoms with Crippen LogP contribution in [0.1, 0.15) is 17.8 Å². The molecular formula is C12H24N4O2. The van der Waals surface area contributed by atoms with Crippen molar-refractivity contribution in [3.63, 3.8) is 0 Å². The molecule has 0 aromatic carbocycles. The van der Waals surface area contributed by atoms with Gasteiger partial charge in [-0.3, -0.25) is 16.0 Å². The molecule has 0 radical (unpaired) electrons. The van der Waals surface area contributed by atoms with E-state index in [-0.39, 0.29) is 6.04 Å². The predicted molar refractivity (Wildman–Crippen MR) is 70.1 cm³/mol. The van der Waals surface area contributed by atoms with E-state index >= 15 is 0 Å². The Bertz CT molecular complexity index is 341. The minimum atomic E-state index is 0.197. The minimum Gasteiger partial charge on any atom is -0.382 e. The number of hydrogen-bond donors (Lipinski definition) is 2. The van der Waals surface area contributed by atoms with Gasteiger partial charge in [-0.2, -0.15) is 5.10 Å². The van der Waals surface area contributed by atoms with Crippen LogP contribution in [0, 0.1) is 6.92 Å². The van der Waals surface area contributed by atoms with E-state index in [1.807, 2.05) is 18.7 Å². The van der Waals surface area contributed by atoms with Crippen LogP contribution in [0.25, 0.3) is 0 Å². The highest BCUT2D eigenvalue weighted by Gasteiger charge is 2.11. The molecular weight excluding hydrogens is 232 g/mol. The second-order valence-electron chi connectivity index (χ2n) is 4.36. The number of rotatable bonds is 9. The predicted octanol–water partition coefficient (Wildman–Crippen LogP) is 0.156. The number of nitrogens with two attached hydrogens (primary N) is 1. The third kappa shape index (κ3) is 5.14. The monoisotopic (exact) mass is 256 g/mol. The SMILES string of the molecule is COCCOCCC(Cc1cc(C)nn1C)NN. The lowest BCUT2D eigenvalue weighted by molar-refractivity contribution is 0.0657. The van der Waals surface area contributed by atoms with E-state index in [4.69, 9.17) is 15.3 Å². The molecule has 1 atom stereocenters. The van der Waals surface area contributed by atoms with Crippen molar-refractivity contribution in [2.45, 2.75) is 25.8 Å². The molecule has 1 heterocycles. The lowest BCUT2D eigenvalue weighted by Gasteiger charge is -2.15. The molecule has 1 aromatic heterocycles. The van der Waals surface area contributed by atoms with Gasteiger partial charge in [0, 0.05) is 38.9 Å². The van der Waals surface area contributed by atoms with Crippen molar-refractivity contribution in [1.82, 2.24) is 15.2 Å². The molecule has 0 aliphatic rings. The molecule has 1 rings (SSSR count). The molecule has 1 aromatic rings. The lowest BCUT2D eigenvalue weighted by atomic mass is 10.1. The lowest BCUT2D eigenvalue weighted by Crippen LogP contribution is -2.38. The Balaban J connectivity index is 2.31. The van der Waals surface area contributed by atoms with Crippen LogP contribution in [0.15, 0.2) is 6.07 Å². The Kier molecular flexibility index (Phi) is 6.89. The minimum absolute atomic E-state index is 0.197. The number of hydrazine groups is 1. The Labute approximate surface area is 108 Å². The summed E-state index contributed by atoms with van der Waals surface area (Å²) in [5.74, 6) is 5.56. The van der Waals surface area contributed by atoms with Crippen LogP contribution in [-0.4, -0.2) is 42.8 Å². The van der Waals surface area contributed by atoms with Gasteiger partial charge in [-0.05, 0) is 19.4 Å². The number of nitrogens with one attached hydrogen (secondary N) is 1. The summed E-state index contributed by atoms with van der Waals surface area (Å²) in [6.07, 6.45) is 1.71. The first kappa shape index (κ1) is 15.1. The molecule has 0 saturated carbocycles. The Morgan fingerprint density at radius 3 is 2.78 bits per heavy atom. The molecule has 18 heavy (non-hydrogen) atoms. The van der Waals surface area contributed by atoms with Gasteiger partial charge in [0.15, 0.2) is 0 Å². The summed E-state index contributed by atoms with van der Waals surface area (Å²) in [6, 6.07) is 2.28. The van der Waals surface area contributed by atoms with Crippen LogP contribution >= 0.6 is 0 Å². The van der Waals surface area contributed by atoms with Crippen molar-refractivity contribution in [2.24, 2.45) is 12.9 Å². The van der Waals surface area contributed by atoms with Crippen LogP contribution in [0.3, 0.4) is 0 Å². The molecule has 0 fully saturated rings. The number of aromatic nitrogens is 2. The first-order valence-electron chi connectivity index (χ1n) is 6.19. The van der Waals surface area contributed by atoms with Gasteiger partial charge in [-0.1, -0.05) is 0 Å². The maximum Gasteiger partial charge on any atom is 0.0700 e. The zero-order valence-electron chi connectivity index (χ0n) is 11.5. The van der Waals surface area contributed by atoms with Crippen molar-refractivity contribution in [2.75, 3.05) is 26.9 Å². The summed E-state index contributed by atoms with van der Waals surface area (Å²) in [5, 5.41) is 4.32. The van der Waals surface area contributed by atoms with E-state index < -0.39 is 0 Å². The van der Waals surface area contributed by atoms with Crippen LogP contribution in [0.5, 0.6) is 0 Å². The van der Waals surface area contributed by atoms with Crippen molar-refractivity contribution >= 4 is 0 Å². The van der Waals surface area contributed by atoms with Gasteiger partial charge in [0.25, 0.3) is 0 Å². The normalized spacial score (nSPS) is 12.9. The summed E-state index contributed by atoms with van der Waals surface area (Å²) in [6.45, 7) is 3.91. The molecule has 0 aliphatic carbocycles. The van der Waals surface area contributed by atoms with E-state index in [1.165, 1.54) is 5.69 Å². The molecule has 3 N–H and O–H groups in total. The highest BCUT2D eigenvalue weighted by molar-refractivity contribution is 5.09. The number of methoxy groups -OCH3 is 1. The first-order valence-corrected chi connectivity index (χ1v) is 6.19. The average Bonchev–Trinajstić information content (AvgIpc) is 2.66. The van der Waals surface area contributed by atoms with Gasteiger partial charge in [0.2, 0.25) is 0 Å². The van der Waals surface area contributed by atoms with Crippen molar-refractivity contribution < 1.29 is 9.47 Å². The molecule has 0 amide bonds. The highest BCUT2D eigenvalue weighted by atomic mass is 16.5. The van der Waals surface area contributed by atoms with Crippen molar-refractivity contribution in [3.8, 4) is 0 Å². The Hall–Kier alpha value is -0.950. The molecule has 0 saturated heterocycles. The fraction of sp³-hybridized carbons (Fsp3) is 0.750. The van der Waals surface area contributed by atoms with E-state index in [2.05, 4.69) is 16.6 Å². The molecule has 0 bridgehead atoms. The zero-order valence-corrected chi connectivity index (χ0v) is 11.5.